The van der Waals surface area contributed by atoms with Crippen molar-refractivity contribution in [1.29, 1.82) is 0 Å². The van der Waals surface area contributed by atoms with E-state index < -0.39 is 17.2 Å². The molecule has 0 spiro atoms. The average Bonchev–Trinajstić information content (AvgIpc) is 3.38. The molecule has 5 N–H and O–H groups in total. The summed E-state index contributed by atoms with van der Waals surface area (Å²) in [6, 6.07) is 1.21. The third-order valence-corrected chi connectivity index (χ3v) is 5.82. The number of fused-ring (bicyclic) bond motifs is 1. The molecule has 4 rings (SSSR count). The first kappa shape index (κ1) is 17.8. The summed E-state index contributed by atoms with van der Waals surface area (Å²) in [6.07, 6.45) is 3.92. The predicted octanol–water partition coefficient (Wildman–Crippen LogP) is 1.93. The van der Waals surface area contributed by atoms with E-state index in [1.54, 1.807) is 4.57 Å². The van der Waals surface area contributed by atoms with Gasteiger partial charge in [0, 0.05) is 25.3 Å². The lowest BCUT2D eigenvalue weighted by atomic mass is 9.90. The summed E-state index contributed by atoms with van der Waals surface area (Å²) >= 11 is 0. The highest BCUT2D eigenvalue weighted by Crippen LogP contribution is 2.43. The number of benzene rings is 1. The maximum atomic E-state index is 15.0. The van der Waals surface area contributed by atoms with Crippen LogP contribution in [0.3, 0.4) is 0 Å². The second kappa shape index (κ2) is 5.95. The fourth-order valence-electron chi connectivity index (χ4n) is 4.00. The number of nitrogens with zero attached hydrogens (tertiary/aromatic N) is 2. The molecule has 0 radical (unpaired) electrons. The Kier molecular flexibility index (Phi) is 3.92. The molecule has 2 fully saturated rings. The largest absolute Gasteiger partial charge is 0.477 e. The van der Waals surface area contributed by atoms with Gasteiger partial charge in [0.25, 0.3) is 0 Å². The number of carboxylic acids is 1. The molecule has 1 aromatic carbocycles. The summed E-state index contributed by atoms with van der Waals surface area (Å²) in [6.45, 7) is 3.76. The zero-order valence-electron chi connectivity index (χ0n) is 15.2. The fraction of sp³-hybridized carbons (Fsp3) is 0.474. The second-order valence-electron chi connectivity index (χ2n) is 8.02. The Balaban J connectivity index is 1.96. The molecule has 144 valence electrons. The van der Waals surface area contributed by atoms with E-state index in [9.17, 15) is 14.7 Å². The Morgan fingerprint density at radius 2 is 2.15 bits per heavy atom. The number of pyridine rings is 1. The highest BCUT2D eigenvalue weighted by atomic mass is 19.1. The third kappa shape index (κ3) is 2.75. The summed E-state index contributed by atoms with van der Waals surface area (Å²) < 4.78 is 16.7. The van der Waals surface area contributed by atoms with Gasteiger partial charge in [-0.2, -0.15) is 0 Å². The van der Waals surface area contributed by atoms with E-state index in [-0.39, 0.29) is 33.8 Å². The number of aromatic nitrogens is 1. The van der Waals surface area contributed by atoms with Crippen molar-refractivity contribution < 1.29 is 14.3 Å². The molecule has 0 amide bonds. The van der Waals surface area contributed by atoms with Crippen LogP contribution in [0.15, 0.2) is 17.1 Å². The molecular weight excluding hydrogens is 351 g/mol. The van der Waals surface area contributed by atoms with Crippen LogP contribution in [-0.2, 0) is 0 Å². The summed E-state index contributed by atoms with van der Waals surface area (Å²) in [5.41, 5.74) is 11.9. The first-order valence-electron chi connectivity index (χ1n) is 9.11. The molecule has 1 saturated heterocycles. The van der Waals surface area contributed by atoms with E-state index in [0.29, 0.717) is 25.2 Å². The predicted molar refractivity (Wildman–Crippen MR) is 102 cm³/mol. The number of nitrogen functional groups attached to an aromatic ring is 1. The van der Waals surface area contributed by atoms with Crippen molar-refractivity contribution in [2.45, 2.75) is 32.2 Å². The number of carboxylic acid groups (broad SMARTS) is 1. The lowest BCUT2D eigenvalue weighted by molar-refractivity contribution is 0.0695. The topological polar surface area (TPSA) is 115 Å². The standard InChI is InChI=1S/C19H23FN4O3/c1-19(8-21)4-5-23(9-19)16-13(20)6-11-15(14(16)22)24(10-2-3-10)7-12(17(11)25)18(26)27/h6-7,10H,2-5,8-9,21-22H2,1H3,(H,26,27). The molecule has 1 aliphatic heterocycles. The van der Waals surface area contributed by atoms with Gasteiger partial charge in [0.1, 0.15) is 11.4 Å². The number of halogens is 1. The van der Waals surface area contributed by atoms with E-state index in [4.69, 9.17) is 11.5 Å². The lowest BCUT2D eigenvalue weighted by Crippen LogP contribution is -2.32. The Morgan fingerprint density at radius 1 is 1.44 bits per heavy atom. The number of rotatable bonds is 4. The van der Waals surface area contributed by atoms with Gasteiger partial charge in [-0.1, -0.05) is 6.92 Å². The first-order valence-corrected chi connectivity index (χ1v) is 9.11. The normalized spacial score (nSPS) is 22.6. The van der Waals surface area contributed by atoms with Gasteiger partial charge in [-0.15, -0.1) is 0 Å². The number of carbonyl (C=O) groups is 1. The van der Waals surface area contributed by atoms with Crippen molar-refractivity contribution in [3.8, 4) is 0 Å². The minimum Gasteiger partial charge on any atom is -0.477 e. The number of nitrogens with two attached hydrogens (primary N) is 2. The third-order valence-electron chi connectivity index (χ3n) is 5.82. The molecule has 1 atom stereocenters. The number of aromatic carboxylic acids is 1. The molecule has 1 aliphatic carbocycles. The molecule has 2 aromatic rings. The molecule has 1 saturated carbocycles. The van der Waals surface area contributed by atoms with E-state index in [1.165, 1.54) is 6.20 Å². The zero-order valence-corrected chi connectivity index (χ0v) is 15.2. The van der Waals surface area contributed by atoms with Crippen LogP contribution in [0.25, 0.3) is 10.9 Å². The van der Waals surface area contributed by atoms with Gasteiger partial charge in [0.15, 0.2) is 0 Å². The van der Waals surface area contributed by atoms with Crippen LogP contribution in [0.2, 0.25) is 0 Å². The summed E-state index contributed by atoms with van der Waals surface area (Å²) in [5, 5.41) is 9.36. The Morgan fingerprint density at radius 3 is 2.70 bits per heavy atom. The van der Waals surface area contributed by atoms with Gasteiger partial charge in [-0.05, 0) is 37.3 Å². The summed E-state index contributed by atoms with van der Waals surface area (Å²) in [7, 11) is 0. The maximum absolute atomic E-state index is 15.0. The molecule has 7 nitrogen and oxygen atoms in total. The van der Waals surface area contributed by atoms with E-state index in [1.807, 2.05) is 4.90 Å². The molecule has 2 aliphatic rings. The van der Waals surface area contributed by atoms with E-state index in [0.717, 1.165) is 25.3 Å². The Hall–Kier alpha value is -2.61. The highest BCUT2D eigenvalue weighted by Gasteiger charge is 2.36. The molecule has 0 bridgehead atoms. The van der Waals surface area contributed by atoms with Crippen molar-refractivity contribution in [1.82, 2.24) is 4.57 Å². The highest BCUT2D eigenvalue weighted by molar-refractivity contribution is 6.00. The van der Waals surface area contributed by atoms with Crippen LogP contribution >= 0.6 is 0 Å². The number of anilines is 2. The minimum absolute atomic E-state index is 0.0151. The quantitative estimate of drug-likeness (QED) is 0.705. The van der Waals surface area contributed by atoms with Gasteiger partial charge in [0.05, 0.1) is 22.3 Å². The maximum Gasteiger partial charge on any atom is 0.341 e. The Bertz CT molecular complexity index is 1010. The number of hydrogen-bond acceptors (Lipinski definition) is 5. The minimum atomic E-state index is -1.32. The van der Waals surface area contributed by atoms with Crippen molar-refractivity contribution in [2.75, 3.05) is 30.3 Å². The summed E-state index contributed by atoms with van der Waals surface area (Å²) in [5.74, 6) is -1.93. The molecule has 27 heavy (non-hydrogen) atoms. The van der Waals surface area contributed by atoms with Crippen LogP contribution in [0.1, 0.15) is 42.6 Å². The van der Waals surface area contributed by atoms with E-state index >= 15 is 4.39 Å². The van der Waals surface area contributed by atoms with Crippen LogP contribution in [0, 0.1) is 11.2 Å². The summed E-state index contributed by atoms with van der Waals surface area (Å²) in [4.78, 5) is 25.9. The monoisotopic (exact) mass is 374 g/mol. The van der Waals surface area contributed by atoms with Crippen LogP contribution < -0.4 is 21.8 Å². The zero-order chi connectivity index (χ0) is 19.5. The molecule has 2 heterocycles. The molecule has 1 aromatic heterocycles. The fourth-order valence-corrected chi connectivity index (χ4v) is 4.00. The van der Waals surface area contributed by atoms with Crippen molar-refractivity contribution in [2.24, 2.45) is 11.1 Å². The van der Waals surface area contributed by atoms with Crippen molar-refractivity contribution in [3.63, 3.8) is 0 Å². The lowest BCUT2D eigenvalue weighted by Gasteiger charge is -2.26. The molecule has 1 unspecified atom stereocenters. The first-order chi connectivity index (χ1) is 12.8. The second-order valence-corrected chi connectivity index (χ2v) is 8.02. The van der Waals surface area contributed by atoms with Gasteiger partial charge in [-0.3, -0.25) is 4.79 Å². The number of hydrogen-bond donors (Lipinski definition) is 3. The van der Waals surface area contributed by atoms with Crippen molar-refractivity contribution in [3.05, 3.63) is 33.9 Å². The average molecular weight is 374 g/mol. The van der Waals surface area contributed by atoms with E-state index in [2.05, 4.69) is 6.92 Å². The van der Waals surface area contributed by atoms with Crippen LogP contribution in [-0.4, -0.2) is 35.3 Å². The Labute approximate surface area is 155 Å². The van der Waals surface area contributed by atoms with Gasteiger partial charge < -0.3 is 26.0 Å². The van der Waals surface area contributed by atoms with Gasteiger partial charge in [-0.25, -0.2) is 9.18 Å². The molecule has 8 heteroatoms. The van der Waals surface area contributed by atoms with Crippen molar-refractivity contribution >= 4 is 28.2 Å². The van der Waals surface area contributed by atoms with Gasteiger partial charge >= 0.3 is 5.97 Å². The van der Waals surface area contributed by atoms with Crippen LogP contribution in [0.5, 0.6) is 0 Å². The SMILES string of the molecule is CC1(CN)CCN(c2c(F)cc3c(=O)c(C(=O)O)cn(C4CC4)c3c2N)C1. The van der Waals surface area contributed by atoms with Crippen LogP contribution in [0.4, 0.5) is 15.8 Å². The smallest absolute Gasteiger partial charge is 0.341 e. The molecular formula is C19H23FN4O3. The van der Waals surface area contributed by atoms with Gasteiger partial charge in [0.2, 0.25) is 5.43 Å².